The van der Waals surface area contributed by atoms with E-state index in [1.807, 2.05) is 29.8 Å². The van der Waals surface area contributed by atoms with Gasteiger partial charge in [-0.25, -0.2) is 0 Å². The summed E-state index contributed by atoms with van der Waals surface area (Å²) < 4.78 is 16.7. The summed E-state index contributed by atoms with van der Waals surface area (Å²) in [6, 6.07) is 0. The van der Waals surface area contributed by atoms with Crippen LogP contribution in [0.1, 0.15) is 207 Å². The zero-order valence-corrected chi connectivity index (χ0v) is 40.5. The molecule has 0 heterocycles. The number of nitrogens with one attached hydrogen (secondary N) is 1. The Kier molecular flexibility index (Phi) is 40.4. The Bertz CT molecular complexity index is 1060. The summed E-state index contributed by atoms with van der Waals surface area (Å²) in [6.45, 7) is 8.84. The quantitative estimate of drug-likeness (QED) is 0.0209. The standard InChI is InChI=1S/C48H90N2O7S2/c1-7-9-11-13-15-17-19-21-22-23-24-26-28-30-32-34-45(53)57-46(48(3,4)42-56-44(52)36-38-50(5)6)47(54)49-37-35-43(51)55-39-41-59-58-40-33-31-29-27-25-20-18-16-14-12-10-8-2/h21-22,46H,7-20,23-42H2,1-6H3,(H,49,54)/b22-21-. The third-order valence-electron chi connectivity index (χ3n) is 10.4. The summed E-state index contributed by atoms with van der Waals surface area (Å²) in [5.74, 6) is 0.0877. The number of esters is 3. The predicted octanol–water partition coefficient (Wildman–Crippen LogP) is 12.6. The number of ether oxygens (including phenoxy) is 3. The minimum atomic E-state index is -1.19. The lowest BCUT2D eigenvalue weighted by Crippen LogP contribution is -2.49. The largest absolute Gasteiger partial charge is 0.465 e. The Morgan fingerprint density at radius 3 is 1.59 bits per heavy atom. The smallest absolute Gasteiger partial charge is 0.307 e. The molecule has 0 aliphatic heterocycles. The van der Waals surface area contributed by atoms with Gasteiger partial charge in [0.1, 0.15) is 13.2 Å². The van der Waals surface area contributed by atoms with E-state index in [2.05, 4.69) is 31.3 Å². The molecule has 0 rings (SSSR count). The molecule has 0 saturated carbocycles. The highest BCUT2D eigenvalue weighted by molar-refractivity contribution is 8.76. The first-order chi connectivity index (χ1) is 28.5. The molecule has 0 aliphatic rings. The fourth-order valence-electron chi connectivity index (χ4n) is 6.59. The summed E-state index contributed by atoms with van der Waals surface area (Å²) in [6.07, 6.45) is 35.2. The molecule has 1 atom stereocenters. The first kappa shape index (κ1) is 57.3. The number of rotatable bonds is 43. The molecule has 0 fully saturated rings. The van der Waals surface area contributed by atoms with Gasteiger partial charge in [-0.15, -0.1) is 0 Å². The van der Waals surface area contributed by atoms with Gasteiger partial charge in [0, 0.05) is 36.4 Å². The van der Waals surface area contributed by atoms with Crippen LogP contribution in [0, 0.1) is 5.41 Å². The van der Waals surface area contributed by atoms with Crippen molar-refractivity contribution in [3.05, 3.63) is 12.2 Å². The summed E-state index contributed by atoms with van der Waals surface area (Å²) >= 11 is 0. The van der Waals surface area contributed by atoms with E-state index >= 15 is 0 Å². The Morgan fingerprint density at radius 1 is 0.576 bits per heavy atom. The second-order valence-corrected chi connectivity index (χ2v) is 19.9. The molecule has 1 N–H and O–H groups in total. The van der Waals surface area contributed by atoms with Gasteiger partial charge >= 0.3 is 17.9 Å². The van der Waals surface area contributed by atoms with Gasteiger partial charge in [0.05, 0.1) is 12.8 Å². The average molecular weight is 871 g/mol. The number of carbonyl (C=O) groups excluding carboxylic acids is 4. The highest BCUT2D eigenvalue weighted by atomic mass is 33.1. The Labute approximate surface area is 370 Å². The Hall–Kier alpha value is -1.72. The number of nitrogens with zero attached hydrogens (tertiary/aromatic N) is 1. The maximum Gasteiger partial charge on any atom is 0.307 e. The molecule has 1 unspecified atom stereocenters. The van der Waals surface area contributed by atoms with E-state index in [9.17, 15) is 19.2 Å². The van der Waals surface area contributed by atoms with Gasteiger partial charge in [-0.3, -0.25) is 19.2 Å². The Balaban J connectivity index is 4.44. The lowest BCUT2D eigenvalue weighted by Gasteiger charge is -2.32. The van der Waals surface area contributed by atoms with Crippen LogP contribution < -0.4 is 5.32 Å². The summed E-state index contributed by atoms with van der Waals surface area (Å²) in [4.78, 5) is 53.0. The molecule has 0 bridgehead atoms. The van der Waals surface area contributed by atoms with Crippen LogP contribution in [0.25, 0.3) is 0 Å². The molecule has 59 heavy (non-hydrogen) atoms. The van der Waals surface area contributed by atoms with Crippen LogP contribution in [0.3, 0.4) is 0 Å². The maximum atomic E-state index is 13.4. The third kappa shape index (κ3) is 38.9. The summed E-state index contributed by atoms with van der Waals surface area (Å²) in [7, 11) is 7.31. The first-order valence-electron chi connectivity index (χ1n) is 23.9. The molecule has 346 valence electrons. The van der Waals surface area contributed by atoms with E-state index in [4.69, 9.17) is 14.2 Å². The van der Waals surface area contributed by atoms with Crippen molar-refractivity contribution in [2.45, 2.75) is 214 Å². The minimum absolute atomic E-state index is 0.0118. The molecule has 0 saturated heterocycles. The summed E-state index contributed by atoms with van der Waals surface area (Å²) in [5, 5.41) is 2.75. The number of carbonyl (C=O) groups is 4. The van der Waals surface area contributed by atoms with E-state index in [0.29, 0.717) is 19.6 Å². The zero-order chi connectivity index (χ0) is 43.7. The SMILES string of the molecule is CCCCCCCC/C=C\CCCCCCCC(=O)OC(C(=O)NCCC(=O)OCCSSCCCCCCCCCCCCCC)C(C)(C)COC(=O)CCN(C)C. The van der Waals surface area contributed by atoms with Crippen LogP contribution in [-0.4, -0.2) is 86.7 Å². The molecule has 0 aromatic heterocycles. The van der Waals surface area contributed by atoms with Gasteiger partial charge in [0.2, 0.25) is 0 Å². The van der Waals surface area contributed by atoms with Crippen molar-refractivity contribution in [1.82, 2.24) is 10.2 Å². The predicted molar refractivity (Wildman–Crippen MR) is 252 cm³/mol. The van der Waals surface area contributed by atoms with Crippen molar-refractivity contribution in [3.63, 3.8) is 0 Å². The van der Waals surface area contributed by atoms with Crippen LogP contribution >= 0.6 is 21.6 Å². The molecule has 0 spiro atoms. The number of amides is 1. The van der Waals surface area contributed by atoms with Crippen molar-refractivity contribution in [1.29, 1.82) is 0 Å². The molecule has 0 aromatic carbocycles. The monoisotopic (exact) mass is 871 g/mol. The van der Waals surface area contributed by atoms with Crippen LogP contribution in [0.4, 0.5) is 0 Å². The van der Waals surface area contributed by atoms with E-state index < -0.39 is 23.4 Å². The second-order valence-electron chi connectivity index (χ2n) is 17.2. The fourth-order valence-corrected chi connectivity index (χ4v) is 8.56. The van der Waals surface area contributed by atoms with Gasteiger partial charge < -0.3 is 24.4 Å². The Morgan fingerprint density at radius 2 is 1.05 bits per heavy atom. The molecular formula is C48H90N2O7S2. The lowest BCUT2D eigenvalue weighted by molar-refractivity contribution is -0.169. The van der Waals surface area contributed by atoms with Gasteiger partial charge in [0.25, 0.3) is 5.91 Å². The normalized spacial score (nSPS) is 12.3. The van der Waals surface area contributed by atoms with Crippen molar-refractivity contribution < 1.29 is 33.4 Å². The van der Waals surface area contributed by atoms with Gasteiger partial charge in [-0.05, 0) is 52.6 Å². The zero-order valence-electron chi connectivity index (χ0n) is 38.9. The van der Waals surface area contributed by atoms with Crippen molar-refractivity contribution >= 4 is 45.4 Å². The first-order valence-corrected chi connectivity index (χ1v) is 26.3. The number of hydrogen-bond acceptors (Lipinski definition) is 10. The molecule has 0 aromatic rings. The second kappa shape index (κ2) is 41.6. The number of allylic oxidation sites excluding steroid dienone is 2. The van der Waals surface area contributed by atoms with E-state index in [-0.39, 0.29) is 44.4 Å². The fraction of sp³-hybridized carbons (Fsp3) is 0.875. The highest BCUT2D eigenvalue weighted by Crippen LogP contribution is 2.26. The topological polar surface area (TPSA) is 111 Å². The number of hydrogen-bond donors (Lipinski definition) is 1. The van der Waals surface area contributed by atoms with Crippen LogP contribution in [0.5, 0.6) is 0 Å². The van der Waals surface area contributed by atoms with Crippen molar-refractivity contribution in [2.24, 2.45) is 5.41 Å². The molecule has 1 amide bonds. The van der Waals surface area contributed by atoms with E-state index in [0.717, 1.165) is 43.6 Å². The van der Waals surface area contributed by atoms with Gasteiger partial charge in [-0.1, -0.05) is 183 Å². The highest BCUT2D eigenvalue weighted by Gasteiger charge is 2.39. The van der Waals surface area contributed by atoms with Crippen molar-refractivity contribution in [3.8, 4) is 0 Å². The van der Waals surface area contributed by atoms with Gasteiger partial charge in [0.15, 0.2) is 6.10 Å². The minimum Gasteiger partial charge on any atom is -0.465 e. The third-order valence-corrected chi connectivity index (χ3v) is 12.9. The average Bonchev–Trinajstić information content (AvgIpc) is 3.20. The molecule has 0 radical (unpaired) electrons. The van der Waals surface area contributed by atoms with Gasteiger partial charge in [-0.2, -0.15) is 0 Å². The molecule has 9 nitrogen and oxygen atoms in total. The maximum absolute atomic E-state index is 13.4. The van der Waals surface area contributed by atoms with Crippen LogP contribution in [-0.2, 0) is 33.4 Å². The molecular weight excluding hydrogens is 781 g/mol. The van der Waals surface area contributed by atoms with Crippen LogP contribution in [0.15, 0.2) is 12.2 Å². The van der Waals surface area contributed by atoms with E-state index in [1.54, 1.807) is 24.6 Å². The molecule has 11 heteroatoms. The van der Waals surface area contributed by atoms with E-state index in [1.165, 1.54) is 122 Å². The molecule has 0 aliphatic carbocycles. The summed E-state index contributed by atoms with van der Waals surface area (Å²) in [5.41, 5.74) is -0.987. The lowest BCUT2D eigenvalue weighted by atomic mass is 9.86. The number of unbranched alkanes of at least 4 members (excludes halogenated alkanes) is 22. The van der Waals surface area contributed by atoms with Crippen molar-refractivity contribution in [2.75, 3.05) is 51.9 Å². The van der Waals surface area contributed by atoms with Crippen LogP contribution in [0.2, 0.25) is 0 Å².